The minimum atomic E-state index is 0.0151. The van der Waals surface area contributed by atoms with E-state index in [1.165, 1.54) is 11.1 Å². The lowest BCUT2D eigenvalue weighted by Gasteiger charge is -2.09. The molecule has 0 bridgehead atoms. The third-order valence-electron chi connectivity index (χ3n) is 4.25. The zero-order valence-electron chi connectivity index (χ0n) is 14.6. The summed E-state index contributed by atoms with van der Waals surface area (Å²) in [6.45, 7) is 5.34. The monoisotopic (exact) mass is 341 g/mol. The number of aryl methyl sites for hydroxylation is 3. The molecule has 0 radical (unpaired) electrons. The summed E-state index contributed by atoms with van der Waals surface area (Å²) in [6.07, 6.45) is 1.10. The summed E-state index contributed by atoms with van der Waals surface area (Å²) in [7, 11) is 0. The fraction of sp³-hybridized carbons (Fsp3) is 0.350. The number of benzene rings is 2. The normalized spacial score (nSPS) is 12.1. The van der Waals surface area contributed by atoms with Crippen LogP contribution in [-0.2, 0) is 11.2 Å². The lowest BCUT2D eigenvalue weighted by atomic mass is 10.1. The minimum Gasteiger partial charge on any atom is -0.492 e. The number of nitrogens with one attached hydrogen (secondary N) is 1. The summed E-state index contributed by atoms with van der Waals surface area (Å²) < 4.78 is 16.3. The highest BCUT2D eigenvalue weighted by Crippen LogP contribution is 2.32. The van der Waals surface area contributed by atoms with Gasteiger partial charge in [0.15, 0.2) is 11.5 Å². The van der Waals surface area contributed by atoms with Crippen molar-refractivity contribution in [2.75, 3.05) is 19.9 Å². The lowest BCUT2D eigenvalue weighted by Crippen LogP contribution is -2.28. The minimum absolute atomic E-state index is 0.0151. The Labute approximate surface area is 147 Å². The average molecular weight is 341 g/mol. The molecule has 5 nitrogen and oxygen atoms in total. The van der Waals surface area contributed by atoms with E-state index in [0.717, 1.165) is 22.8 Å². The number of amides is 1. The van der Waals surface area contributed by atoms with Gasteiger partial charge in [-0.05, 0) is 61.2 Å². The molecule has 1 aliphatic rings. The van der Waals surface area contributed by atoms with Crippen molar-refractivity contribution in [3.8, 4) is 17.2 Å². The van der Waals surface area contributed by atoms with Gasteiger partial charge < -0.3 is 19.5 Å². The van der Waals surface area contributed by atoms with Crippen LogP contribution >= 0.6 is 0 Å². The van der Waals surface area contributed by atoms with E-state index in [1.807, 2.05) is 36.4 Å². The van der Waals surface area contributed by atoms with Gasteiger partial charge in [-0.1, -0.05) is 12.1 Å². The molecule has 2 aromatic carbocycles. The van der Waals surface area contributed by atoms with E-state index in [4.69, 9.17) is 14.2 Å². The summed E-state index contributed by atoms with van der Waals surface area (Å²) in [5, 5.41) is 2.88. The van der Waals surface area contributed by atoms with Gasteiger partial charge in [0, 0.05) is 6.42 Å². The van der Waals surface area contributed by atoms with Gasteiger partial charge in [-0.2, -0.15) is 0 Å². The van der Waals surface area contributed by atoms with Crippen molar-refractivity contribution in [1.82, 2.24) is 5.32 Å². The molecule has 0 atom stereocenters. The largest absolute Gasteiger partial charge is 0.492 e. The van der Waals surface area contributed by atoms with Crippen LogP contribution in [-0.4, -0.2) is 25.9 Å². The molecule has 1 heterocycles. The van der Waals surface area contributed by atoms with Gasteiger partial charge in [0.05, 0.1) is 6.54 Å². The van der Waals surface area contributed by atoms with Crippen molar-refractivity contribution in [3.05, 3.63) is 53.1 Å². The van der Waals surface area contributed by atoms with Gasteiger partial charge in [0.1, 0.15) is 12.4 Å². The Bertz CT molecular complexity index is 757. The third kappa shape index (κ3) is 4.66. The Balaban J connectivity index is 1.36. The molecule has 0 spiro atoms. The molecule has 0 aliphatic carbocycles. The molecular weight excluding hydrogens is 318 g/mol. The first-order valence-electron chi connectivity index (χ1n) is 8.47. The van der Waals surface area contributed by atoms with Crippen molar-refractivity contribution in [2.24, 2.45) is 0 Å². The van der Waals surface area contributed by atoms with E-state index in [0.29, 0.717) is 26.0 Å². The molecule has 0 fully saturated rings. The standard InChI is InChI=1S/C20H23NO4/c1-14-3-6-17(11-15(14)2)23-10-9-21-20(22)8-5-16-4-7-18-19(12-16)25-13-24-18/h3-4,6-7,11-12H,5,8-10,13H2,1-2H3,(H,21,22). The van der Waals surface area contributed by atoms with E-state index in [-0.39, 0.29) is 12.7 Å². The molecule has 0 aromatic heterocycles. The molecule has 132 valence electrons. The molecule has 0 saturated heterocycles. The van der Waals surface area contributed by atoms with Gasteiger partial charge in [0.25, 0.3) is 0 Å². The van der Waals surface area contributed by atoms with Crippen LogP contribution < -0.4 is 19.5 Å². The van der Waals surface area contributed by atoms with Crippen LogP contribution in [0.2, 0.25) is 0 Å². The number of rotatable bonds is 7. The van der Waals surface area contributed by atoms with Crippen LogP contribution in [0.5, 0.6) is 17.2 Å². The SMILES string of the molecule is Cc1ccc(OCCNC(=O)CCc2ccc3c(c2)OCO3)cc1C. The highest BCUT2D eigenvalue weighted by Gasteiger charge is 2.13. The molecule has 0 saturated carbocycles. The predicted molar refractivity (Wildman–Crippen MR) is 95.3 cm³/mol. The summed E-state index contributed by atoms with van der Waals surface area (Å²) in [6, 6.07) is 11.8. The van der Waals surface area contributed by atoms with Crippen molar-refractivity contribution < 1.29 is 19.0 Å². The number of ether oxygens (including phenoxy) is 3. The summed E-state index contributed by atoms with van der Waals surface area (Å²) >= 11 is 0. The average Bonchev–Trinajstić information content (AvgIpc) is 3.07. The summed E-state index contributed by atoms with van der Waals surface area (Å²) in [4.78, 5) is 11.9. The Morgan fingerprint density at radius 1 is 1.08 bits per heavy atom. The first kappa shape index (κ1) is 17.1. The van der Waals surface area contributed by atoms with Crippen LogP contribution in [0.1, 0.15) is 23.1 Å². The smallest absolute Gasteiger partial charge is 0.231 e. The number of hydrogen-bond donors (Lipinski definition) is 1. The molecule has 1 N–H and O–H groups in total. The second-order valence-electron chi connectivity index (χ2n) is 6.13. The van der Waals surface area contributed by atoms with Crippen molar-refractivity contribution in [1.29, 1.82) is 0 Å². The van der Waals surface area contributed by atoms with Crippen molar-refractivity contribution in [2.45, 2.75) is 26.7 Å². The first-order chi connectivity index (χ1) is 12.1. The Hall–Kier alpha value is -2.69. The molecule has 1 amide bonds. The zero-order valence-corrected chi connectivity index (χ0v) is 14.6. The number of hydrogen-bond acceptors (Lipinski definition) is 4. The molecule has 2 aromatic rings. The highest BCUT2D eigenvalue weighted by molar-refractivity contribution is 5.76. The Morgan fingerprint density at radius 2 is 1.92 bits per heavy atom. The second kappa shape index (κ2) is 7.92. The van der Waals surface area contributed by atoms with Crippen molar-refractivity contribution >= 4 is 5.91 Å². The van der Waals surface area contributed by atoms with Gasteiger partial charge in [-0.15, -0.1) is 0 Å². The van der Waals surface area contributed by atoms with Crippen LogP contribution in [0.4, 0.5) is 0 Å². The van der Waals surface area contributed by atoms with E-state index in [1.54, 1.807) is 0 Å². The van der Waals surface area contributed by atoms with Crippen LogP contribution in [0.3, 0.4) is 0 Å². The first-order valence-corrected chi connectivity index (χ1v) is 8.47. The summed E-state index contributed by atoms with van der Waals surface area (Å²) in [5.74, 6) is 2.36. The maximum Gasteiger partial charge on any atom is 0.231 e. The quantitative estimate of drug-likeness (QED) is 0.786. The molecule has 0 unspecified atom stereocenters. The third-order valence-corrected chi connectivity index (χ3v) is 4.25. The van der Waals surface area contributed by atoms with E-state index >= 15 is 0 Å². The predicted octanol–water partition coefficient (Wildman–Crippen LogP) is 3.16. The molecule has 5 heteroatoms. The fourth-order valence-electron chi connectivity index (χ4n) is 2.61. The van der Waals surface area contributed by atoms with E-state index in [2.05, 4.69) is 19.2 Å². The maximum atomic E-state index is 11.9. The second-order valence-corrected chi connectivity index (χ2v) is 6.13. The zero-order chi connectivity index (χ0) is 17.6. The topological polar surface area (TPSA) is 56.8 Å². The molecule has 3 rings (SSSR count). The van der Waals surface area contributed by atoms with Crippen LogP contribution in [0, 0.1) is 13.8 Å². The Kier molecular flexibility index (Phi) is 5.43. The maximum absolute atomic E-state index is 11.9. The van der Waals surface area contributed by atoms with Crippen molar-refractivity contribution in [3.63, 3.8) is 0 Å². The number of carbonyl (C=O) groups is 1. The van der Waals surface area contributed by atoms with Gasteiger partial charge in [-0.3, -0.25) is 4.79 Å². The molecule has 1 aliphatic heterocycles. The number of carbonyl (C=O) groups excluding carboxylic acids is 1. The lowest BCUT2D eigenvalue weighted by molar-refractivity contribution is -0.121. The van der Waals surface area contributed by atoms with Crippen LogP contribution in [0.25, 0.3) is 0 Å². The highest BCUT2D eigenvalue weighted by atomic mass is 16.7. The van der Waals surface area contributed by atoms with Gasteiger partial charge in [0.2, 0.25) is 12.7 Å². The Morgan fingerprint density at radius 3 is 2.76 bits per heavy atom. The number of fused-ring (bicyclic) bond motifs is 1. The van der Waals surface area contributed by atoms with E-state index < -0.39 is 0 Å². The van der Waals surface area contributed by atoms with E-state index in [9.17, 15) is 4.79 Å². The molecule has 25 heavy (non-hydrogen) atoms. The molecular formula is C20H23NO4. The van der Waals surface area contributed by atoms with Crippen LogP contribution in [0.15, 0.2) is 36.4 Å². The summed E-state index contributed by atoms with van der Waals surface area (Å²) in [5.41, 5.74) is 3.50. The fourth-order valence-corrected chi connectivity index (χ4v) is 2.61. The van der Waals surface area contributed by atoms with Gasteiger partial charge >= 0.3 is 0 Å². The van der Waals surface area contributed by atoms with Gasteiger partial charge in [-0.25, -0.2) is 0 Å².